The van der Waals surface area contributed by atoms with Crippen molar-refractivity contribution in [2.75, 3.05) is 0 Å². The van der Waals surface area contributed by atoms with Crippen molar-refractivity contribution in [1.29, 1.82) is 0 Å². The van der Waals surface area contributed by atoms with Gasteiger partial charge in [-0.3, -0.25) is 4.79 Å². The topological polar surface area (TPSA) is 59.8 Å². The summed E-state index contributed by atoms with van der Waals surface area (Å²) in [5.74, 6) is 1.88. The van der Waals surface area contributed by atoms with Crippen LogP contribution in [-0.4, -0.2) is 20.7 Å². The molecule has 5 nitrogen and oxygen atoms in total. The summed E-state index contributed by atoms with van der Waals surface area (Å²) in [7, 11) is 0. The molecule has 0 aliphatic carbocycles. The van der Waals surface area contributed by atoms with Crippen LogP contribution >= 0.6 is 0 Å². The summed E-state index contributed by atoms with van der Waals surface area (Å²) < 4.78 is 2.18. The van der Waals surface area contributed by atoms with Crippen LogP contribution in [0.1, 0.15) is 55.7 Å². The Labute approximate surface area is 137 Å². The quantitative estimate of drug-likeness (QED) is 0.923. The fourth-order valence-electron chi connectivity index (χ4n) is 3.22. The van der Waals surface area contributed by atoms with Crippen LogP contribution in [0, 0.1) is 0 Å². The molecule has 23 heavy (non-hydrogen) atoms. The van der Waals surface area contributed by atoms with Crippen molar-refractivity contribution in [3.05, 3.63) is 47.5 Å². The van der Waals surface area contributed by atoms with Gasteiger partial charge in [-0.1, -0.05) is 43.7 Å². The van der Waals surface area contributed by atoms with Crippen molar-refractivity contribution in [2.24, 2.45) is 0 Å². The fourth-order valence-corrected chi connectivity index (χ4v) is 3.22. The van der Waals surface area contributed by atoms with Gasteiger partial charge in [0, 0.05) is 13.0 Å². The second-order valence-electron chi connectivity index (χ2n) is 6.08. The molecule has 1 amide bonds. The van der Waals surface area contributed by atoms with E-state index in [1.54, 1.807) is 0 Å². The predicted molar refractivity (Wildman–Crippen MR) is 88.9 cm³/mol. The van der Waals surface area contributed by atoms with Crippen molar-refractivity contribution in [2.45, 2.75) is 58.0 Å². The maximum atomic E-state index is 12.5. The number of nitrogens with one attached hydrogen (secondary N) is 1. The Morgan fingerprint density at radius 3 is 2.83 bits per heavy atom. The maximum absolute atomic E-state index is 12.5. The number of carbonyl (C=O) groups excluding carboxylic acids is 1. The number of fused-ring (bicyclic) bond motifs is 1. The lowest BCUT2D eigenvalue weighted by Gasteiger charge is -2.15. The van der Waals surface area contributed by atoms with Gasteiger partial charge in [0.2, 0.25) is 5.91 Å². The number of rotatable bonds is 5. The monoisotopic (exact) mass is 312 g/mol. The lowest BCUT2D eigenvalue weighted by molar-refractivity contribution is -0.122. The zero-order chi connectivity index (χ0) is 16.1. The third-order valence-corrected chi connectivity index (χ3v) is 4.53. The minimum absolute atomic E-state index is 0.0599. The number of hydrogen-bond donors (Lipinski definition) is 1. The number of aryl methyl sites for hydroxylation is 1. The van der Waals surface area contributed by atoms with Gasteiger partial charge in [0.15, 0.2) is 5.82 Å². The number of carbonyl (C=O) groups is 1. The fraction of sp³-hybridized carbons (Fsp3) is 0.500. The zero-order valence-corrected chi connectivity index (χ0v) is 13.7. The molecule has 0 saturated carbocycles. The molecular weight excluding hydrogens is 288 g/mol. The van der Waals surface area contributed by atoms with Crippen LogP contribution in [0.15, 0.2) is 30.3 Å². The lowest BCUT2D eigenvalue weighted by Crippen LogP contribution is -2.30. The number of amides is 1. The van der Waals surface area contributed by atoms with Gasteiger partial charge in [-0.25, -0.2) is 0 Å². The van der Waals surface area contributed by atoms with Crippen LogP contribution in [-0.2, 0) is 24.3 Å². The minimum atomic E-state index is -0.109. The highest BCUT2D eigenvalue weighted by atomic mass is 16.1. The molecule has 0 bridgehead atoms. The van der Waals surface area contributed by atoms with Gasteiger partial charge < -0.3 is 9.88 Å². The second kappa shape index (κ2) is 7.40. The number of benzene rings is 1. The molecule has 5 heteroatoms. The highest BCUT2D eigenvalue weighted by Crippen LogP contribution is 2.19. The van der Waals surface area contributed by atoms with Crippen LogP contribution in [0.5, 0.6) is 0 Å². The van der Waals surface area contributed by atoms with Gasteiger partial charge in [0.05, 0.1) is 12.5 Å². The Hall–Kier alpha value is -2.17. The third-order valence-electron chi connectivity index (χ3n) is 4.53. The van der Waals surface area contributed by atoms with E-state index in [1.807, 2.05) is 37.3 Å². The summed E-state index contributed by atoms with van der Waals surface area (Å²) >= 11 is 0. The Morgan fingerprint density at radius 2 is 2.04 bits per heavy atom. The third kappa shape index (κ3) is 3.60. The number of aromatic nitrogens is 3. The van der Waals surface area contributed by atoms with E-state index in [0.717, 1.165) is 43.0 Å². The van der Waals surface area contributed by atoms with Gasteiger partial charge in [-0.2, -0.15) is 0 Å². The van der Waals surface area contributed by atoms with Crippen LogP contribution in [0.2, 0.25) is 0 Å². The minimum Gasteiger partial charge on any atom is -0.348 e. The molecule has 3 rings (SSSR count). The summed E-state index contributed by atoms with van der Waals surface area (Å²) in [5.41, 5.74) is 1.06. The van der Waals surface area contributed by atoms with Gasteiger partial charge in [0.25, 0.3) is 0 Å². The van der Waals surface area contributed by atoms with Crippen molar-refractivity contribution in [1.82, 2.24) is 20.1 Å². The molecule has 122 valence electrons. The summed E-state index contributed by atoms with van der Waals surface area (Å²) in [6.45, 7) is 3.46. The van der Waals surface area contributed by atoms with Crippen LogP contribution in [0.4, 0.5) is 0 Å². The second-order valence-corrected chi connectivity index (χ2v) is 6.08. The van der Waals surface area contributed by atoms with E-state index in [2.05, 4.69) is 20.1 Å². The van der Waals surface area contributed by atoms with Crippen molar-refractivity contribution in [3.63, 3.8) is 0 Å². The highest BCUT2D eigenvalue weighted by molar-refractivity contribution is 5.83. The molecule has 1 aromatic heterocycles. The van der Waals surface area contributed by atoms with Crippen molar-refractivity contribution >= 4 is 5.91 Å². The van der Waals surface area contributed by atoms with Crippen molar-refractivity contribution < 1.29 is 4.79 Å². The van der Waals surface area contributed by atoms with Gasteiger partial charge >= 0.3 is 0 Å². The van der Waals surface area contributed by atoms with E-state index in [0.29, 0.717) is 6.54 Å². The summed E-state index contributed by atoms with van der Waals surface area (Å²) in [4.78, 5) is 12.5. The van der Waals surface area contributed by atoms with Crippen molar-refractivity contribution in [3.8, 4) is 0 Å². The largest absolute Gasteiger partial charge is 0.348 e. The number of hydrogen-bond acceptors (Lipinski definition) is 3. The average molecular weight is 312 g/mol. The van der Waals surface area contributed by atoms with Crippen LogP contribution in [0.3, 0.4) is 0 Å². The van der Waals surface area contributed by atoms with E-state index in [-0.39, 0.29) is 11.8 Å². The van der Waals surface area contributed by atoms with E-state index in [9.17, 15) is 4.79 Å². The molecule has 2 heterocycles. The molecule has 0 saturated heterocycles. The van der Waals surface area contributed by atoms with E-state index in [4.69, 9.17) is 0 Å². The molecule has 1 atom stereocenters. The highest BCUT2D eigenvalue weighted by Gasteiger charge is 2.20. The first-order valence-corrected chi connectivity index (χ1v) is 8.53. The first kappa shape index (κ1) is 15.7. The van der Waals surface area contributed by atoms with Gasteiger partial charge in [-0.15, -0.1) is 10.2 Å². The van der Waals surface area contributed by atoms with Gasteiger partial charge in [0.1, 0.15) is 5.82 Å². The summed E-state index contributed by atoms with van der Waals surface area (Å²) in [6, 6.07) is 9.95. The first-order chi connectivity index (χ1) is 11.3. The van der Waals surface area contributed by atoms with E-state index >= 15 is 0 Å². The average Bonchev–Trinajstić information content (AvgIpc) is 2.81. The van der Waals surface area contributed by atoms with Gasteiger partial charge in [-0.05, 0) is 24.8 Å². The maximum Gasteiger partial charge on any atom is 0.227 e. The molecule has 0 radical (unpaired) electrons. The zero-order valence-electron chi connectivity index (χ0n) is 13.7. The normalized spacial score (nSPS) is 15.5. The molecule has 0 spiro atoms. The van der Waals surface area contributed by atoms with Crippen LogP contribution in [0.25, 0.3) is 0 Å². The Morgan fingerprint density at radius 1 is 1.22 bits per heavy atom. The summed E-state index contributed by atoms with van der Waals surface area (Å²) in [5, 5.41) is 11.6. The van der Waals surface area contributed by atoms with Crippen LogP contribution < -0.4 is 5.32 Å². The molecule has 0 fully saturated rings. The predicted octanol–water partition coefficient (Wildman–Crippen LogP) is 2.81. The Kier molecular flexibility index (Phi) is 5.05. The SMILES string of the molecule is CCC(C(=O)NCc1nnc2n1CCCCC2)c1ccccc1. The first-order valence-electron chi connectivity index (χ1n) is 8.53. The molecule has 2 aromatic rings. The smallest absolute Gasteiger partial charge is 0.227 e. The summed E-state index contributed by atoms with van der Waals surface area (Å²) in [6.07, 6.45) is 5.35. The molecular formula is C18H24N4O. The Bertz CT molecular complexity index is 650. The standard InChI is InChI=1S/C18H24N4O/c1-2-15(14-9-5-3-6-10-14)18(23)19-13-17-21-20-16-11-7-4-8-12-22(16)17/h3,5-6,9-10,15H,2,4,7-8,11-13H2,1H3,(H,19,23). The van der Waals surface area contributed by atoms with E-state index < -0.39 is 0 Å². The molecule has 1 aromatic carbocycles. The molecule has 1 unspecified atom stereocenters. The number of nitrogens with zero attached hydrogens (tertiary/aromatic N) is 3. The molecule has 1 N–H and O–H groups in total. The molecule has 1 aliphatic heterocycles. The Balaban J connectivity index is 1.66. The lowest BCUT2D eigenvalue weighted by atomic mass is 9.96. The van der Waals surface area contributed by atoms with E-state index in [1.165, 1.54) is 12.8 Å². The molecule has 1 aliphatic rings.